The van der Waals surface area contributed by atoms with Crippen LogP contribution in [0.15, 0.2) is 24.3 Å². The molecule has 182 valence electrons. The maximum absolute atomic E-state index is 13.0. The quantitative estimate of drug-likeness (QED) is 0.179. The zero-order valence-electron chi connectivity index (χ0n) is 18.5. The maximum atomic E-state index is 13.0. The predicted octanol–water partition coefficient (Wildman–Crippen LogP) is -1.65. The summed E-state index contributed by atoms with van der Waals surface area (Å²) >= 11 is 0. The smallest absolute Gasteiger partial charge is 0.326 e. The molecule has 0 aromatic heterocycles. The molecule has 1 aromatic carbocycles. The van der Waals surface area contributed by atoms with Gasteiger partial charge in [-0.05, 0) is 23.6 Å². The molecule has 0 spiro atoms. The summed E-state index contributed by atoms with van der Waals surface area (Å²) in [7, 11) is 0. The Morgan fingerprint density at radius 2 is 1.55 bits per heavy atom. The van der Waals surface area contributed by atoms with E-state index in [1.54, 1.807) is 6.92 Å². The second-order valence-corrected chi connectivity index (χ2v) is 7.64. The molecule has 0 saturated heterocycles. The molecule has 12 heteroatoms. The highest BCUT2D eigenvalue weighted by atomic mass is 16.4. The fraction of sp³-hybridized carbons (Fsp3) is 0.476. The van der Waals surface area contributed by atoms with Gasteiger partial charge in [0, 0.05) is 6.42 Å². The van der Waals surface area contributed by atoms with Crippen LogP contribution in [-0.4, -0.2) is 64.5 Å². The molecule has 0 aliphatic carbocycles. The number of carbonyl (C=O) groups excluding carboxylic acids is 4. The largest absolute Gasteiger partial charge is 0.508 e. The van der Waals surface area contributed by atoms with Crippen molar-refractivity contribution in [3.63, 3.8) is 0 Å². The number of hydrogen-bond donors (Lipinski definition) is 7. The van der Waals surface area contributed by atoms with Gasteiger partial charge in [-0.15, -0.1) is 0 Å². The molecular weight excluding hydrogens is 434 g/mol. The molecule has 0 aliphatic heterocycles. The van der Waals surface area contributed by atoms with Gasteiger partial charge in [0.05, 0.1) is 13.0 Å². The predicted molar refractivity (Wildman–Crippen MR) is 118 cm³/mol. The summed E-state index contributed by atoms with van der Waals surface area (Å²) < 4.78 is 0. The van der Waals surface area contributed by atoms with Crippen molar-refractivity contribution in [3.8, 4) is 5.75 Å². The first-order valence-corrected chi connectivity index (χ1v) is 10.4. The number of phenolic OH excluding ortho intramolecular Hbond substituents is 1. The van der Waals surface area contributed by atoms with Gasteiger partial charge in [0.15, 0.2) is 0 Å². The molecule has 33 heavy (non-hydrogen) atoms. The van der Waals surface area contributed by atoms with Crippen LogP contribution in [0.5, 0.6) is 5.75 Å². The third-order valence-corrected chi connectivity index (χ3v) is 5.03. The van der Waals surface area contributed by atoms with Crippen LogP contribution in [0.25, 0.3) is 0 Å². The van der Waals surface area contributed by atoms with Gasteiger partial charge >= 0.3 is 5.97 Å². The van der Waals surface area contributed by atoms with Crippen molar-refractivity contribution < 1.29 is 34.2 Å². The first-order valence-electron chi connectivity index (χ1n) is 10.4. The summed E-state index contributed by atoms with van der Waals surface area (Å²) in [6, 6.07) is 2.02. The van der Waals surface area contributed by atoms with Crippen LogP contribution >= 0.6 is 0 Å². The van der Waals surface area contributed by atoms with Crippen molar-refractivity contribution in [2.45, 2.75) is 51.2 Å². The summed E-state index contributed by atoms with van der Waals surface area (Å²) in [6.45, 7) is 3.23. The van der Waals surface area contributed by atoms with E-state index in [0.717, 1.165) is 0 Å². The van der Waals surface area contributed by atoms with Gasteiger partial charge in [-0.25, -0.2) is 4.79 Å². The Morgan fingerprint density at radius 1 is 0.970 bits per heavy atom. The zero-order chi connectivity index (χ0) is 25.1. The second-order valence-electron chi connectivity index (χ2n) is 7.64. The summed E-state index contributed by atoms with van der Waals surface area (Å²) in [5.74, 6) is -4.77. The fourth-order valence-corrected chi connectivity index (χ4v) is 2.95. The normalized spacial score (nSPS) is 14.3. The molecule has 4 unspecified atom stereocenters. The lowest BCUT2D eigenvalue weighted by Crippen LogP contribution is -2.58. The van der Waals surface area contributed by atoms with E-state index in [9.17, 15) is 34.2 Å². The number of hydrogen-bond acceptors (Lipinski definition) is 7. The number of primary amides is 1. The second kappa shape index (κ2) is 13.0. The number of rotatable bonds is 13. The minimum absolute atomic E-state index is 0.00230. The SMILES string of the molecule is CCC(C)C(NC(=O)CN)C(=O)NC(Cc1ccc(O)cc1)C(=O)NC(CC(N)=O)C(=O)O. The number of carboxylic acids is 1. The fourth-order valence-electron chi connectivity index (χ4n) is 2.95. The first kappa shape index (κ1) is 27.4. The Labute approximate surface area is 191 Å². The van der Waals surface area contributed by atoms with Crippen LogP contribution in [0.2, 0.25) is 0 Å². The van der Waals surface area contributed by atoms with Gasteiger partial charge in [0.2, 0.25) is 23.6 Å². The van der Waals surface area contributed by atoms with Gasteiger partial charge in [0.25, 0.3) is 0 Å². The van der Waals surface area contributed by atoms with E-state index in [2.05, 4.69) is 16.0 Å². The lowest BCUT2D eigenvalue weighted by atomic mass is 9.97. The van der Waals surface area contributed by atoms with E-state index in [1.807, 2.05) is 6.92 Å². The molecule has 4 atom stereocenters. The van der Waals surface area contributed by atoms with E-state index in [1.165, 1.54) is 24.3 Å². The van der Waals surface area contributed by atoms with Crippen molar-refractivity contribution in [1.29, 1.82) is 0 Å². The number of carboxylic acid groups (broad SMARTS) is 1. The molecule has 0 heterocycles. The van der Waals surface area contributed by atoms with Gasteiger partial charge in [-0.2, -0.15) is 0 Å². The highest BCUT2D eigenvalue weighted by Gasteiger charge is 2.32. The molecule has 0 saturated carbocycles. The van der Waals surface area contributed by atoms with Gasteiger partial charge in [-0.3, -0.25) is 19.2 Å². The van der Waals surface area contributed by atoms with Crippen LogP contribution in [0.1, 0.15) is 32.3 Å². The molecule has 1 aromatic rings. The van der Waals surface area contributed by atoms with Crippen molar-refractivity contribution in [3.05, 3.63) is 29.8 Å². The number of phenols is 1. The Hall–Kier alpha value is -3.67. The summed E-state index contributed by atoms with van der Waals surface area (Å²) in [6.07, 6.45) is -0.153. The number of aromatic hydroxyl groups is 1. The minimum Gasteiger partial charge on any atom is -0.508 e. The minimum atomic E-state index is -1.59. The number of carbonyl (C=O) groups is 5. The first-order chi connectivity index (χ1) is 15.5. The number of nitrogens with one attached hydrogen (secondary N) is 3. The average Bonchev–Trinajstić information content (AvgIpc) is 2.76. The molecule has 12 nitrogen and oxygen atoms in total. The maximum Gasteiger partial charge on any atom is 0.326 e. The van der Waals surface area contributed by atoms with Crippen LogP contribution in [-0.2, 0) is 30.4 Å². The number of amides is 4. The van der Waals surface area contributed by atoms with Crippen molar-refractivity contribution >= 4 is 29.6 Å². The summed E-state index contributed by atoms with van der Waals surface area (Å²) in [5.41, 5.74) is 10.9. The Kier molecular flexibility index (Phi) is 10.8. The number of nitrogens with two attached hydrogens (primary N) is 2. The molecule has 0 fully saturated rings. The van der Waals surface area contributed by atoms with Crippen molar-refractivity contribution in [1.82, 2.24) is 16.0 Å². The Bertz CT molecular complexity index is 859. The van der Waals surface area contributed by atoms with Crippen molar-refractivity contribution in [2.75, 3.05) is 6.54 Å². The van der Waals surface area contributed by atoms with E-state index >= 15 is 0 Å². The highest BCUT2D eigenvalue weighted by molar-refractivity contribution is 5.94. The van der Waals surface area contributed by atoms with E-state index < -0.39 is 54.1 Å². The van der Waals surface area contributed by atoms with E-state index in [0.29, 0.717) is 12.0 Å². The molecule has 0 radical (unpaired) electrons. The third kappa shape index (κ3) is 9.15. The van der Waals surface area contributed by atoms with Crippen LogP contribution in [0.3, 0.4) is 0 Å². The third-order valence-electron chi connectivity index (χ3n) is 5.03. The highest BCUT2D eigenvalue weighted by Crippen LogP contribution is 2.13. The lowest BCUT2D eigenvalue weighted by Gasteiger charge is -2.27. The Morgan fingerprint density at radius 3 is 2.03 bits per heavy atom. The molecular formula is C21H31N5O7. The van der Waals surface area contributed by atoms with Crippen LogP contribution < -0.4 is 27.4 Å². The topological polar surface area (TPSA) is 214 Å². The average molecular weight is 466 g/mol. The summed E-state index contributed by atoms with van der Waals surface area (Å²) in [5, 5.41) is 26.0. The molecule has 0 bridgehead atoms. The lowest BCUT2D eigenvalue weighted by molar-refractivity contribution is -0.143. The molecule has 4 amide bonds. The molecule has 9 N–H and O–H groups in total. The monoisotopic (exact) mass is 465 g/mol. The molecule has 1 rings (SSSR count). The van der Waals surface area contributed by atoms with Crippen LogP contribution in [0.4, 0.5) is 0 Å². The van der Waals surface area contributed by atoms with E-state index in [4.69, 9.17) is 11.5 Å². The standard InChI is InChI=1S/C21H31N5O7/c1-3-11(2)18(26-17(29)10-22)20(31)24-14(8-12-4-6-13(27)7-5-12)19(30)25-15(21(32)33)9-16(23)28/h4-7,11,14-15,18,27H,3,8-10,22H2,1-2H3,(H2,23,28)(H,24,31)(H,25,30)(H,26,29)(H,32,33). The van der Waals surface area contributed by atoms with E-state index in [-0.39, 0.29) is 24.6 Å². The number of benzene rings is 1. The molecule has 0 aliphatic rings. The number of aliphatic carboxylic acids is 1. The summed E-state index contributed by atoms with van der Waals surface area (Å²) in [4.78, 5) is 60.2. The van der Waals surface area contributed by atoms with Crippen LogP contribution in [0, 0.1) is 5.92 Å². The van der Waals surface area contributed by atoms with Gasteiger partial charge < -0.3 is 37.6 Å². The zero-order valence-corrected chi connectivity index (χ0v) is 18.5. The Balaban J connectivity index is 3.16. The van der Waals surface area contributed by atoms with Gasteiger partial charge in [0.1, 0.15) is 23.9 Å². The van der Waals surface area contributed by atoms with Gasteiger partial charge in [-0.1, -0.05) is 32.4 Å². The van der Waals surface area contributed by atoms with Crippen molar-refractivity contribution in [2.24, 2.45) is 17.4 Å².